The minimum atomic E-state index is 0.384. The third-order valence-corrected chi connectivity index (χ3v) is 4.49. The Labute approximate surface area is 126 Å². The maximum Gasteiger partial charge on any atom is 0.0231 e. The summed E-state index contributed by atoms with van der Waals surface area (Å²) in [6.45, 7) is 7.82. The van der Waals surface area contributed by atoms with Crippen LogP contribution in [0.2, 0.25) is 0 Å². The van der Waals surface area contributed by atoms with E-state index in [1.807, 2.05) is 7.05 Å². The Balaban J connectivity index is 2.64. The van der Waals surface area contributed by atoms with Gasteiger partial charge in [-0.2, -0.15) is 0 Å². The number of halogens is 1. The Morgan fingerprint density at radius 2 is 1.95 bits per heavy atom. The van der Waals surface area contributed by atoms with Crippen LogP contribution in [0.5, 0.6) is 0 Å². The molecule has 0 aliphatic carbocycles. The Hall–Kier alpha value is -0.380. The largest absolute Gasteiger partial charge is 0.319 e. The Bertz CT molecular complexity index is 375. The lowest BCUT2D eigenvalue weighted by Gasteiger charge is -2.35. The van der Waals surface area contributed by atoms with Gasteiger partial charge in [0.25, 0.3) is 0 Å². The highest BCUT2D eigenvalue weighted by atomic mass is 79.9. The quantitative estimate of drug-likeness (QED) is 0.779. The maximum atomic E-state index is 3.54. The van der Waals surface area contributed by atoms with Gasteiger partial charge < -0.3 is 10.2 Å². The molecular formula is C16H27BrN2. The SMILES string of the molecule is CCC(CC)(CNC)CN(C)Cc1cccc(Br)c1. The lowest BCUT2D eigenvalue weighted by Crippen LogP contribution is -2.41. The van der Waals surface area contributed by atoms with Crippen LogP contribution in [0.4, 0.5) is 0 Å². The van der Waals surface area contributed by atoms with Crippen molar-refractivity contribution < 1.29 is 0 Å². The second kappa shape index (κ2) is 8.03. The van der Waals surface area contributed by atoms with Gasteiger partial charge in [0.05, 0.1) is 0 Å². The van der Waals surface area contributed by atoms with Crippen LogP contribution in [0.3, 0.4) is 0 Å². The first-order valence-electron chi connectivity index (χ1n) is 7.13. The average Bonchev–Trinajstić information content (AvgIpc) is 2.38. The zero-order valence-electron chi connectivity index (χ0n) is 12.7. The van der Waals surface area contributed by atoms with Gasteiger partial charge in [-0.25, -0.2) is 0 Å². The fourth-order valence-corrected chi connectivity index (χ4v) is 3.18. The third kappa shape index (κ3) is 5.25. The summed E-state index contributed by atoms with van der Waals surface area (Å²) in [5, 5.41) is 3.35. The van der Waals surface area contributed by atoms with Crippen LogP contribution in [-0.2, 0) is 6.54 Å². The summed E-state index contributed by atoms with van der Waals surface area (Å²) >= 11 is 3.54. The summed E-state index contributed by atoms with van der Waals surface area (Å²) in [4.78, 5) is 2.44. The van der Waals surface area contributed by atoms with Gasteiger partial charge in [-0.05, 0) is 50.0 Å². The molecule has 19 heavy (non-hydrogen) atoms. The van der Waals surface area contributed by atoms with Crippen LogP contribution in [0.25, 0.3) is 0 Å². The minimum Gasteiger partial charge on any atom is -0.319 e. The number of benzene rings is 1. The molecule has 0 bridgehead atoms. The van der Waals surface area contributed by atoms with Gasteiger partial charge in [-0.1, -0.05) is 41.9 Å². The number of hydrogen-bond donors (Lipinski definition) is 1. The van der Waals surface area contributed by atoms with Crippen molar-refractivity contribution in [2.75, 3.05) is 27.2 Å². The van der Waals surface area contributed by atoms with Gasteiger partial charge in [-0.3, -0.25) is 0 Å². The summed E-state index contributed by atoms with van der Waals surface area (Å²) in [6.07, 6.45) is 2.43. The maximum absolute atomic E-state index is 3.54. The van der Waals surface area contributed by atoms with Crippen LogP contribution in [0.1, 0.15) is 32.3 Å². The van der Waals surface area contributed by atoms with Crippen LogP contribution in [0, 0.1) is 5.41 Å². The Kier molecular flexibility index (Phi) is 7.05. The van der Waals surface area contributed by atoms with Crippen LogP contribution < -0.4 is 5.32 Å². The summed E-state index contributed by atoms with van der Waals surface area (Å²) in [5.41, 5.74) is 1.75. The second-order valence-corrected chi connectivity index (χ2v) is 6.46. The zero-order valence-corrected chi connectivity index (χ0v) is 14.3. The molecule has 0 aromatic heterocycles. The summed E-state index contributed by atoms with van der Waals surface area (Å²) in [5.74, 6) is 0. The number of nitrogens with zero attached hydrogens (tertiary/aromatic N) is 1. The smallest absolute Gasteiger partial charge is 0.0231 e. The fraction of sp³-hybridized carbons (Fsp3) is 0.625. The number of hydrogen-bond acceptors (Lipinski definition) is 2. The van der Waals surface area contributed by atoms with E-state index in [0.717, 1.165) is 24.1 Å². The molecule has 3 heteroatoms. The molecule has 1 aromatic carbocycles. The van der Waals surface area contributed by atoms with Gasteiger partial charge >= 0.3 is 0 Å². The molecule has 0 aliphatic heterocycles. The van der Waals surface area contributed by atoms with E-state index in [1.54, 1.807) is 0 Å². The molecule has 0 unspecified atom stereocenters. The number of nitrogens with one attached hydrogen (secondary N) is 1. The van der Waals surface area contributed by atoms with Gasteiger partial charge in [-0.15, -0.1) is 0 Å². The van der Waals surface area contributed by atoms with Crippen molar-refractivity contribution in [2.24, 2.45) is 5.41 Å². The molecule has 108 valence electrons. The lowest BCUT2D eigenvalue weighted by atomic mass is 9.81. The van der Waals surface area contributed by atoms with E-state index in [4.69, 9.17) is 0 Å². The average molecular weight is 327 g/mol. The van der Waals surface area contributed by atoms with Crippen molar-refractivity contribution in [3.05, 3.63) is 34.3 Å². The van der Waals surface area contributed by atoms with Gasteiger partial charge in [0, 0.05) is 24.1 Å². The summed E-state index contributed by atoms with van der Waals surface area (Å²) in [7, 11) is 4.27. The van der Waals surface area contributed by atoms with Crippen molar-refractivity contribution in [3.8, 4) is 0 Å². The van der Waals surface area contributed by atoms with Crippen molar-refractivity contribution in [3.63, 3.8) is 0 Å². The Morgan fingerprint density at radius 3 is 2.47 bits per heavy atom. The summed E-state index contributed by atoms with van der Waals surface area (Å²) in [6, 6.07) is 8.58. The van der Waals surface area contributed by atoms with E-state index < -0.39 is 0 Å². The van der Waals surface area contributed by atoms with E-state index in [9.17, 15) is 0 Å². The highest BCUT2D eigenvalue weighted by molar-refractivity contribution is 9.10. The van der Waals surface area contributed by atoms with Crippen molar-refractivity contribution in [2.45, 2.75) is 33.2 Å². The van der Waals surface area contributed by atoms with Crippen molar-refractivity contribution in [1.82, 2.24) is 10.2 Å². The van der Waals surface area contributed by atoms with Gasteiger partial charge in [0.2, 0.25) is 0 Å². The lowest BCUT2D eigenvalue weighted by molar-refractivity contribution is 0.153. The molecule has 0 atom stereocenters. The predicted molar refractivity (Wildman–Crippen MR) is 87.4 cm³/mol. The predicted octanol–water partition coefficient (Wildman–Crippen LogP) is 3.91. The first kappa shape index (κ1) is 16.7. The highest BCUT2D eigenvalue weighted by Crippen LogP contribution is 2.27. The standard InChI is InChI=1S/C16H27BrN2/c1-5-16(6-2,12-18-3)13-19(4)11-14-8-7-9-15(17)10-14/h7-10,18H,5-6,11-13H2,1-4H3. The monoisotopic (exact) mass is 326 g/mol. The second-order valence-electron chi connectivity index (χ2n) is 5.54. The first-order valence-corrected chi connectivity index (χ1v) is 7.92. The topological polar surface area (TPSA) is 15.3 Å². The Morgan fingerprint density at radius 1 is 1.26 bits per heavy atom. The molecule has 0 radical (unpaired) electrons. The van der Waals surface area contributed by atoms with E-state index in [-0.39, 0.29) is 0 Å². The molecule has 1 aromatic rings. The molecular weight excluding hydrogens is 300 g/mol. The van der Waals surface area contributed by atoms with E-state index in [1.165, 1.54) is 18.4 Å². The molecule has 0 saturated carbocycles. The molecule has 2 nitrogen and oxygen atoms in total. The van der Waals surface area contributed by atoms with E-state index in [2.05, 4.69) is 71.3 Å². The third-order valence-electron chi connectivity index (χ3n) is 4.00. The molecule has 0 spiro atoms. The zero-order chi connectivity index (χ0) is 14.3. The van der Waals surface area contributed by atoms with Crippen molar-refractivity contribution >= 4 is 15.9 Å². The minimum absolute atomic E-state index is 0.384. The van der Waals surface area contributed by atoms with Crippen LogP contribution in [-0.4, -0.2) is 32.1 Å². The molecule has 0 amide bonds. The van der Waals surface area contributed by atoms with Gasteiger partial charge in [0.15, 0.2) is 0 Å². The highest BCUT2D eigenvalue weighted by Gasteiger charge is 2.26. The van der Waals surface area contributed by atoms with Crippen LogP contribution >= 0.6 is 15.9 Å². The molecule has 0 saturated heterocycles. The molecule has 1 N–H and O–H groups in total. The first-order chi connectivity index (χ1) is 9.05. The molecule has 0 aliphatic rings. The van der Waals surface area contributed by atoms with Gasteiger partial charge in [0.1, 0.15) is 0 Å². The fourth-order valence-electron chi connectivity index (χ4n) is 2.73. The number of rotatable bonds is 8. The normalized spacial score (nSPS) is 12.1. The van der Waals surface area contributed by atoms with Crippen LogP contribution in [0.15, 0.2) is 28.7 Å². The van der Waals surface area contributed by atoms with E-state index in [0.29, 0.717) is 5.41 Å². The molecule has 0 heterocycles. The molecule has 0 fully saturated rings. The molecule has 1 rings (SSSR count). The van der Waals surface area contributed by atoms with E-state index >= 15 is 0 Å². The van der Waals surface area contributed by atoms with Crippen molar-refractivity contribution in [1.29, 1.82) is 0 Å². The summed E-state index contributed by atoms with van der Waals surface area (Å²) < 4.78 is 1.16.